The number of hydrazone groups is 1. The second-order valence-electron chi connectivity index (χ2n) is 7.09. The van der Waals surface area contributed by atoms with E-state index in [0.29, 0.717) is 22.4 Å². The Balaban J connectivity index is 1.52. The monoisotopic (exact) mass is 498 g/mol. The molecule has 0 atom stereocenters. The van der Waals surface area contributed by atoms with E-state index in [2.05, 4.69) is 10.5 Å². The first kappa shape index (κ1) is 22.9. The topological polar surface area (TPSA) is 70.9 Å². The van der Waals surface area contributed by atoms with Gasteiger partial charge in [-0.3, -0.25) is 4.79 Å². The molecule has 0 radical (unpaired) electrons. The van der Waals surface area contributed by atoms with Gasteiger partial charge in [-0.05, 0) is 47.9 Å². The molecule has 166 valence electrons. The SMILES string of the molecule is O=C(N/N=C/c1ccc(OCc2ccc(Cl)cc2Cl)c2ccccc12)c1ccc(O)c(Cl)c1. The Hall–Kier alpha value is -3.25. The largest absolute Gasteiger partial charge is 0.506 e. The summed E-state index contributed by atoms with van der Waals surface area (Å²) in [5.41, 5.74) is 4.37. The van der Waals surface area contributed by atoms with Crippen molar-refractivity contribution in [3.63, 3.8) is 0 Å². The van der Waals surface area contributed by atoms with Crippen molar-refractivity contribution in [2.45, 2.75) is 6.61 Å². The number of hydrogen-bond donors (Lipinski definition) is 2. The summed E-state index contributed by atoms with van der Waals surface area (Å²) >= 11 is 18.1. The number of carbonyl (C=O) groups is 1. The first-order valence-corrected chi connectivity index (χ1v) is 11.0. The summed E-state index contributed by atoms with van der Waals surface area (Å²) in [7, 11) is 0. The van der Waals surface area contributed by atoms with Crippen LogP contribution in [0, 0.1) is 0 Å². The summed E-state index contributed by atoms with van der Waals surface area (Å²) in [5.74, 6) is 0.151. The van der Waals surface area contributed by atoms with E-state index >= 15 is 0 Å². The van der Waals surface area contributed by atoms with Crippen LogP contribution in [-0.4, -0.2) is 17.2 Å². The number of nitrogens with one attached hydrogen (secondary N) is 1. The van der Waals surface area contributed by atoms with Crippen molar-refractivity contribution in [1.29, 1.82) is 0 Å². The summed E-state index contributed by atoms with van der Waals surface area (Å²) in [6.07, 6.45) is 1.56. The van der Waals surface area contributed by atoms with Crippen molar-refractivity contribution < 1.29 is 14.6 Å². The van der Waals surface area contributed by atoms with Crippen LogP contribution in [0.4, 0.5) is 0 Å². The van der Waals surface area contributed by atoms with Gasteiger partial charge in [-0.25, -0.2) is 5.43 Å². The second kappa shape index (κ2) is 10.1. The number of benzene rings is 4. The van der Waals surface area contributed by atoms with Gasteiger partial charge in [0.05, 0.1) is 11.2 Å². The van der Waals surface area contributed by atoms with Gasteiger partial charge in [-0.2, -0.15) is 5.10 Å². The molecule has 0 unspecified atom stereocenters. The minimum absolute atomic E-state index is 0.0908. The molecule has 0 saturated carbocycles. The Labute approximate surface area is 205 Å². The Bertz CT molecular complexity index is 1370. The molecule has 0 aliphatic heterocycles. The standard InChI is InChI=1S/C25H17Cl3N2O3/c26-18-8-5-17(21(27)12-18)14-33-24-10-7-16(19-3-1-2-4-20(19)24)13-29-30-25(32)15-6-9-23(31)22(28)11-15/h1-13,31H,14H2,(H,30,32)/b29-13+. The van der Waals surface area contributed by atoms with Gasteiger partial charge in [-0.15, -0.1) is 0 Å². The number of phenols is 1. The smallest absolute Gasteiger partial charge is 0.271 e. The molecule has 4 aromatic rings. The van der Waals surface area contributed by atoms with Gasteiger partial charge in [0.2, 0.25) is 0 Å². The fourth-order valence-corrected chi connectivity index (χ4v) is 3.84. The van der Waals surface area contributed by atoms with Gasteiger partial charge >= 0.3 is 0 Å². The Morgan fingerprint density at radius 2 is 1.73 bits per heavy atom. The molecular formula is C25H17Cl3N2O3. The van der Waals surface area contributed by atoms with Crippen LogP contribution in [0.5, 0.6) is 11.5 Å². The summed E-state index contributed by atoms with van der Waals surface area (Å²) in [4.78, 5) is 12.3. The van der Waals surface area contributed by atoms with Gasteiger partial charge in [0.25, 0.3) is 5.91 Å². The lowest BCUT2D eigenvalue weighted by Gasteiger charge is -2.12. The number of carbonyl (C=O) groups excluding carboxylic acids is 1. The van der Waals surface area contributed by atoms with Crippen molar-refractivity contribution in [2.75, 3.05) is 0 Å². The molecule has 0 spiro atoms. The van der Waals surface area contributed by atoms with E-state index in [9.17, 15) is 9.90 Å². The van der Waals surface area contributed by atoms with Gasteiger partial charge in [0, 0.05) is 32.1 Å². The van der Waals surface area contributed by atoms with E-state index in [1.807, 2.05) is 42.5 Å². The van der Waals surface area contributed by atoms with Crippen LogP contribution in [0.15, 0.2) is 77.9 Å². The second-order valence-corrected chi connectivity index (χ2v) is 8.34. The molecular weight excluding hydrogens is 483 g/mol. The first-order chi connectivity index (χ1) is 15.9. The molecule has 0 aliphatic carbocycles. The van der Waals surface area contributed by atoms with E-state index in [1.54, 1.807) is 18.3 Å². The van der Waals surface area contributed by atoms with Crippen LogP contribution < -0.4 is 10.2 Å². The van der Waals surface area contributed by atoms with Crippen molar-refractivity contribution >= 4 is 57.7 Å². The average molecular weight is 500 g/mol. The zero-order chi connectivity index (χ0) is 23.4. The van der Waals surface area contributed by atoms with Crippen molar-refractivity contribution in [3.05, 3.63) is 105 Å². The van der Waals surface area contributed by atoms with Crippen LogP contribution in [0.1, 0.15) is 21.5 Å². The number of ether oxygens (including phenoxy) is 1. The summed E-state index contributed by atoms with van der Waals surface area (Å²) in [6.45, 7) is 0.290. The maximum Gasteiger partial charge on any atom is 0.271 e. The molecule has 0 aromatic heterocycles. The summed E-state index contributed by atoms with van der Waals surface area (Å²) in [6, 6.07) is 20.9. The number of aromatic hydroxyl groups is 1. The third-order valence-corrected chi connectivity index (χ3v) is 5.79. The van der Waals surface area contributed by atoms with Crippen molar-refractivity contribution in [1.82, 2.24) is 5.43 Å². The quantitative estimate of drug-likeness (QED) is 0.225. The number of halogens is 3. The first-order valence-electron chi connectivity index (χ1n) is 9.83. The number of rotatable bonds is 6. The minimum Gasteiger partial charge on any atom is -0.506 e. The summed E-state index contributed by atoms with van der Waals surface area (Å²) in [5, 5.41) is 16.5. The maximum atomic E-state index is 12.3. The fourth-order valence-electron chi connectivity index (χ4n) is 3.20. The molecule has 33 heavy (non-hydrogen) atoms. The van der Waals surface area contributed by atoms with Crippen LogP contribution >= 0.6 is 34.8 Å². The van der Waals surface area contributed by atoms with E-state index < -0.39 is 5.91 Å². The molecule has 0 aliphatic rings. The Morgan fingerprint density at radius 3 is 2.48 bits per heavy atom. The van der Waals surface area contributed by atoms with Crippen LogP contribution in [0.3, 0.4) is 0 Å². The summed E-state index contributed by atoms with van der Waals surface area (Å²) < 4.78 is 6.03. The average Bonchev–Trinajstić information content (AvgIpc) is 2.81. The molecule has 5 nitrogen and oxygen atoms in total. The lowest BCUT2D eigenvalue weighted by atomic mass is 10.0. The molecule has 0 fully saturated rings. The molecule has 4 rings (SSSR count). The molecule has 0 bridgehead atoms. The van der Waals surface area contributed by atoms with E-state index in [0.717, 1.165) is 21.9 Å². The zero-order valence-electron chi connectivity index (χ0n) is 17.1. The number of nitrogens with zero attached hydrogens (tertiary/aromatic N) is 1. The lowest BCUT2D eigenvalue weighted by Crippen LogP contribution is -2.17. The highest BCUT2D eigenvalue weighted by atomic mass is 35.5. The molecule has 8 heteroatoms. The van der Waals surface area contributed by atoms with Crippen molar-refractivity contribution in [3.8, 4) is 11.5 Å². The number of phenolic OH excluding ortho intramolecular Hbond substituents is 1. The van der Waals surface area contributed by atoms with Gasteiger partial charge < -0.3 is 9.84 Å². The lowest BCUT2D eigenvalue weighted by molar-refractivity contribution is 0.0955. The number of amides is 1. The molecule has 0 saturated heterocycles. The van der Waals surface area contributed by atoms with E-state index in [-0.39, 0.29) is 16.3 Å². The third-order valence-electron chi connectivity index (χ3n) is 4.90. The molecule has 2 N–H and O–H groups in total. The number of fused-ring (bicyclic) bond motifs is 1. The van der Waals surface area contributed by atoms with Gasteiger partial charge in [0.15, 0.2) is 0 Å². The molecule has 1 amide bonds. The zero-order valence-corrected chi connectivity index (χ0v) is 19.3. The molecule has 4 aromatic carbocycles. The molecule has 0 heterocycles. The Morgan fingerprint density at radius 1 is 0.939 bits per heavy atom. The van der Waals surface area contributed by atoms with E-state index in [1.165, 1.54) is 18.2 Å². The predicted molar refractivity (Wildman–Crippen MR) is 133 cm³/mol. The van der Waals surface area contributed by atoms with E-state index in [4.69, 9.17) is 39.5 Å². The third kappa shape index (κ3) is 5.40. The van der Waals surface area contributed by atoms with Crippen molar-refractivity contribution in [2.24, 2.45) is 5.10 Å². The van der Waals surface area contributed by atoms with Crippen LogP contribution in [0.2, 0.25) is 15.1 Å². The highest BCUT2D eigenvalue weighted by molar-refractivity contribution is 6.35. The highest BCUT2D eigenvalue weighted by Crippen LogP contribution is 2.30. The Kier molecular flexibility index (Phi) is 7.04. The number of hydrogen-bond acceptors (Lipinski definition) is 4. The maximum absolute atomic E-state index is 12.3. The predicted octanol–water partition coefficient (Wildman–Crippen LogP) is 6.85. The highest BCUT2D eigenvalue weighted by Gasteiger charge is 2.09. The normalized spacial score (nSPS) is 11.1. The van der Waals surface area contributed by atoms with Crippen LogP contribution in [0.25, 0.3) is 10.8 Å². The minimum atomic E-state index is -0.447. The fraction of sp³-hybridized carbons (Fsp3) is 0.0400. The van der Waals surface area contributed by atoms with Gasteiger partial charge in [0.1, 0.15) is 18.1 Å². The van der Waals surface area contributed by atoms with Crippen LogP contribution in [-0.2, 0) is 6.61 Å². The van der Waals surface area contributed by atoms with Gasteiger partial charge in [-0.1, -0.05) is 65.1 Å².